The van der Waals surface area contributed by atoms with Gasteiger partial charge in [0.15, 0.2) is 70.0 Å². The average Bonchev–Trinajstić information content (AvgIpc) is 1.00. The second-order valence-electron chi connectivity index (χ2n) is 36.6. The summed E-state index contributed by atoms with van der Waals surface area (Å²) in [5.74, 6) is -1.91. The summed E-state index contributed by atoms with van der Waals surface area (Å²) in [7, 11) is -31.9. The van der Waals surface area contributed by atoms with Crippen LogP contribution >= 0.6 is 44.7 Å². The second-order valence-corrected chi connectivity index (χ2v) is 51.2. The molecule has 20 N–H and O–H groups in total. The number of nitrogens with zero attached hydrogens (tertiary/aromatic N) is 12. The summed E-state index contributed by atoms with van der Waals surface area (Å²) in [5, 5.41) is 36.3. The van der Waals surface area contributed by atoms with Crippen molar-refractivity contribution in [2.75, 3.05) is 111 Å². The lowest BCUT2D eigenvalue weighted by Gasteiger charge is -2.48. The summed E-state index contributed by atoms with van der Waals surface area (Å²) in [4.78, 5) is 188. The van der Waals surface area contributed by atoms with E-state index in [9.17, 15) is 122 Å². The number of anilines is 4. The number of carbonyl (C=O) groups excluding carboxylic acids is 4. The van der Waals surface area contributed by atoms with Crippen LogP contribution < -0.4 is 93.7 Å². The predicted octanol–water partition coefficient (Wildman–Crippen LogP) is 0.486. The Morgan fingerprint density at radius 2 is 0.946 bits per heavy atom. The largest absolute Gasteiger partial charge is 0.748 e. The van der Waals surface area contributed by atoms with Gasteiger partial charge >= 0.3 is 56.9 Å². The molecule has 148 heavy (non-hydrogen) atoms. The summed E-state index contributed by atoms with van der Waals surface area (Å²) >= 11 is 8.16. The number of aliphatic hydroxyl groups is 2. The number of rotatable bonds is 38. The molecule has 0 aliphatic carbocycles. The van der Waals surface area contributed by atoms with Gasteiger partial charge in [0.05, 0.1) is 58.2 Å². The highest BCUT2D eigenvalue weighted by Gasteiger charge is 2.53. The lowest BCUT2D eigenvalue weighted by Crippen LogP contribution is -2.50. The van der Waals surface area contributed by atoms with Crippen molar-refractivity contribution in [3.8, 4) is 23.0 Å². The van der Waals surface area contributed by atoms with Crippen LogP contribution in [0, 0.1) is 0 Å². The van der Waals surface area contributed by atoms with Gasteiger partial charge in [-0.3, -0.25) is 47.3 Å². The Balaban J connectivity index is 0.000000222. The van der Waals surface area contributed by atoms with Gasteiger partial charge in [0.25, 0.3) is 11.1 Å². The number of alkyl carbamates (subject to hydrolysis) is 2. The molecule has 8 aliphatic rings. The zero-order valence-electron chi connectivity index (χ0n) is 79.3. The number of carbonyl (C=O) groups is 4. The number of imidazole rings is 2. The number of ether oxygens (including phenoxy) is 6. The molecular weight excluding hydrogens is 2160 g/mol. The van der Waals surface area contributed by atoms with E-state index in [-0.39, 0.29) is 79.2 Å². The van der Waals surface area contributed by atoms with Crippen molar-refractivity contribution in [1.29, 1.82) is 0 Å². The van der Waals surface area contributed by atoms with Gasteiger partial charge in [-0.05, 0) is 139 Å². The fourth-order valence-corrected chi connectivity index (χ4v) is 28.2. The molecule has 0 bridgehead atoms. The van der Waals surface area contributed by atoms with Crippen molar-refractivity contribution >= 4 is 170 Å². The minimum Gasteiger partial charge on any atom is -0.748 e. The first-order valence-corrected chi connectivity index (χ1v) is 60.1. The van der Waals surface area contributed by atoms with E-state index in [1.54, 1.807) is 12.1 Å². The first-order chi connectivity index (χ1) is 69.2. The van der Waals surface area contributed by atoms with Crippen molar-refractivity contribution in [1.82, 2.24) is 69.5 Å². The van der Waals surface area contributed by atoms with Crippen LogP contribution in [-0.4, -0.2) is 276 Å². The number of H-pyrrole nitrogens is 2. The predicted molar refractivity (Wildman–Crippen MR) is 522 cm³/mol. The summed E-state index contributed by atoms with van der Waals surface area (Å²) in [5.41, 5.74) is 13.5. The molecule has 8 aliphatic heterocycles. The van der Waals surface area contributed by atoms with Gasteiger partial charge in [-0.2, -0.15) is 18.6 Å². The number of aliphatic hydroxyl groups excluding tert-OH is 2. The minimum atomic E-state index is -5.72. The van der Waals surface area contributed by atoms with Crippen LogP contribution in [0.4, 0.5) is 44.2 Å². The highest BCUT2D eigenvalue weighted by molar-refractivity contribution is 8.08. The quantitative estimate of drug-likeness (QED) is 0.0108. The molecule has 2 saturated heterocycles. The summed E-state index contributed by atoms with van der Waals surface area (Å²) in [6.07, 6.45) is -8.98. The van der Waals surface area contributed by atoms with Crippen LogP contribution in [0.25, 0.3) is 22.3 Å². The number of nitrogens with two attached hydrogens (primary N) is 2. The number of hydrogen-bond acceptors (Lipinski definition) is 42. The molecule has 0 saturated carbocycles. The van der Waals surface area contributed by atoms with Crippen LogP contribution in [0.15, 0.2) is 80.8 Å². The van der Waals surface area contributed by atoms with E-state index in [0.717, 1.165) is 95.5 Å². The number of amides is 4. The van der Waals surface area contributed by atoms with E-state index in [0.29, 0.717) is 106 Å². The van der Waals surface area contributed by atoms with Crippen LogP contribution in [-0.2, 0) is 130 Å². The standard InChI is InChI=1S/2C40H53N10O19P3S2/c1-4-48-11-5-7-21-13-24-28(15-26(21)48)65-29-16-27-23(14-25(29)45-24)22(19-74(61,62)63)17-40(2,3)50(27)12-6-8-31(51)42-9-10-43-39(54)67-34-30(18-64-70(55,56)68-71(57,58)69-72(59,60)73)66-37(33(34)52)49-20-44-32-35(49)46-38(41)47-36(32)53;1-4-48-11-5-7-21-13-24-28(15-26(21)48)65-29-16-27-23(14-25(29)45-24)22(19-74(61,62)63)17-40(2,3)50(27)12-6-8-31(51)42-9-10-43-39(54)67-34-33(52)30(18-64-70(55,56)68-71(57,58)69-72(59,60)73)66-37(34)49-20-44-32-35(49)46-38(41)47-36(32)53/h2*13-16,20,22,30,33-34,37,52H,4-12,17-19H2,1-3H3,(H9-,41,42,43,46,47,51,53,54,55,56,57,58,59,60,61,62,63,73)/t2*22?,30-,33-,34-,37-/m11/s1. The Hall–Kier alpha value is -9.62. The fourth-order valence-electron chi connectivity index (χ4n) is 19.1. The molecular formula is C80H106N20O38P6S4. The lowest BCUT2D eigenvalue weighted by molar-refractivity contribution is -0.121. The number of aromatic nitrogens is 8. The molecule has 4 amide bonds. The summed E-state index contributed by atoms with van der Waals surface area (Å²) in [6.45, 7) is 3.45. The third kappa shape index (κ3) is 27.3. The third-order valence-corrected chi connectivity index (χ3v) is 35.5. The van der Waals surface area contributed by atoms with E-state index in [4.69, 9.17) is 58.9 Å². The number of aryl methyl sites for hydroxylation is 2. The third-order valence-electron chi connectivity index (χ3n) is 25.1. The molecule has 808 valence electrons. The lowest BCUT2D eigenvalue weighted by atomic mass is 9.79. The first kappa shape index (κ1) is 112. The highest BCUT2D eigenvalue weighted by Crippen LogP contribution is 2.68. The van der Waals surface area contributed by atoms with Crippen LogP contribution in [0.2, 0.25) is 0 Å². The van der Waals surface area contributed by atoms with Gasteiger partial charge in [0, 0.05) is 134 Å². The van der Waals surface area contributed by atoms with Crippen molar-refractivity contribution in [2.24, 2.45) is 9.98 Å². The van der Waals surface area contributed by atoms with Crippen molar-refractivity contribution < 1.29 is 167 Å². The maximum Gasteiger partial charge on any atom is 0.488 e. The Kier molecular flexibility index (Phi) is 33.6. The molecule has 12 heterocycles. The summed E-state index contributed by atoms with van der Waals surface area (Å²) < 4.78 is 190. The smallest absolute Gasteiger partial charge is 0.488 e. The highest BCUT2D eigenvalue weighted by atomic mass is 32.5. The van der Waals surface area contributed by atoms with E-state index < -0.39 is 191 Å². The number of aromatic amines is 2. The number of nitrogen functional groups attached to an aromatic ring is 2. The first-order valence-electron chi connectivity index (χ1n) is 45.7. The fraction of sp³-hybridized carbons (Fsp3) is 0.525. The minimum absolute atomic E-state index is 0.0177. The number of nitrogens with one attached hydrogen (secondary N) is 6. The normalized spacial score (nSPS) is 22.7. The molecule has 4 aromatic carbocycles. The Morgan fingerprint density at radius 3 is 1.36 bits per heavy atom. The SMILES string of the molecule is CC[N+]1=c2cc3c(cc2CCC1)=Nc1cc2c(cc1O3)N(CCCC(=O)NCCNC(=O)O[C@@H]1[C@H](O)[C@@H](COP(=O)(O)OP(=O)(O)OP(O)(O)=S)O[C@H]1n1cnc3c(=O)[nH]c(N)nc31)C(C)(C)CC2CS(=O)(=O)[O-].CC[N+]1=c2cc3c(cc2CCC1)=Nc1cc2c(cc1O3)N(CCCC(=O)NCCNC(=O)O[C@H]1[C@@H](O)[C@H](n3cnc4c(=O)[nH]c(N)nc43)O[C@@H]1COP(=O)(O)OP(=O)(O)OP(O)(O)=S)C(C)(C)CC2CS(=O)(=O)[O-]. The van der Waals surface area contributed by atoms with Gasteiger partial charge in [-0.25, -0.2) is 82.4 Å². The van der Waals surface area contributed by atoms with E-state index >= 15 is 0 Å². The zero-order chi connectivity index (χ0) is 107. The van der Waals surface area contributed by atoms with Crippen LogP contribution in [0.1, 0.15) is 139 Å². The van der Waals surface area contributed by atoms with E-state index in [2.05, 4.69) is 125 Å². The van der Waals surface area contributed by atoms with Gasteiger partial charge in [0.1, 0.15) is 72.7 Å². The molecule has 2 fully saturated rings. The van der Waals surface area contributed by atoms with Crippen molar-refractivity contribution in [2.45, 2.75) is 178 Å². The number of benzene rings is 4. The Labute approximate surface area is 849 Å². The van der Waals surface area contributed by atoms with Crippen molar-refractivity contribution in [3.63, 3.8) is 0 Å². The average molecular weight is 2270 g/mol. The van der Waals surface area contributed by atoms with Gasteiger partial charge in [-0.1, -0.05) is 0 Å². The van der Waals surface area contributed by atoms with Gasteiger partial charge in [-0.15, -0.1) is 0 Å². The van der Waals surface area contributed by atoms with Gasteiger partial charge in [0.2, 0.25) is 34.4 Å². The molecule has 4 aromatic heterocycles. The molecule has 0 spiro atoms. The van der Waals surface area contributed by atoms with E-state index in [1.165, 1.54) is 0 Å². The molecule has 58 nitrogen and oxygen atoms in total. The number of hydrogen-bond donors (Lipinski definition) is 18. The van der Waals surface area contributed by atoms with E-state index in [1.807, 2.05) is 64.1 Å². The van der Waals surface area contributed by atoms with Crippen LogP contribution in [0.3, 0.4) is 0 Å². The number of phosphoric ester groups is 2. The molecule has 16 rings (SSSR count). The summed E-state index contributed by atoms with van der Waals surface area (Å²) in [6, 6.07) is 15.2. The van der Waals surface area contributed by atoms with Gasteiger partial charge < -0.3 is 129 Å². The maximum atomic E-state index is 13.2. The second kappa shape index (κ2) is 44.2. The monoisotopic (exact) mass is 2270 g/mol. The molecule has 8 aromatic rings. The van der Waals surface area contributed by atoms with Crippen molar-refractivity contribution in [3.05, 3.63) is 126 Å². The molecule has 68 heteroatoms. The molecule has 14 atom stereocenters. The Bertz CT molecular complexity index is 7550. The maximum absolute atomic E-state index is 13.2. The number of fused-ring (bicyclic) bond motifs is 10. The molecule has 6 unspecified atom stereocenters. The molecule has 0 radical (unpaired) electrons. The van der Waals surface area contributed by atoms with Crippen LogP contribution in [0.5, 0.6) is 23.0 Å². The topological polar surface area (TPSA) is 829 Å². The Morgan fingerprint density at radius 1 is 0.547 bits per heavy atom. The number of phosphoric acid groups is 4. The zero-order valence-corrected chi connectivity index (χ0v) is 87.9.